The highest BCUT2D eigenvalue weighted by molar-refractivity contribution is 5.85. The maximum Gasteiger partial charge on any atom is 0.331 e. The number of epoxide rings is 1. The minimum Gasteiger partial charge on any atom is -0.458 e. The van der Waals surface area contributed by atoms with Gasteiger partial charge in [-0.15, -0.1) is 0 Å². The zero-order chi connectivity index (χ0) is 18.3. The van der Waals surface area contributed by atoms with Crippen LogP contribution in [0.4, 0.5) is 0 Å². The molecule has 6 heteroatoms. The number of hydrogen-bond donors (Lipinski definition) is 2. The van der Waals surface area contributed by atoms with E-state index in [9.17, 15) is 15.0 Å². The van der Waals surface area contributed by atoms with E-state index >= 15 is 0 Å². The van der Waals surface area contributed by atoms with E-state index in [4.69, 9.17) is 14.2 Å². The fraction of sp³-hybridized carbons (Fsp3) is 0.850. The smallest absolute Gasteiger partial charge is 0.331 e. The standard InChI is InChI=1S/C20H28O6/c1-11-3-6-19-14(18(11,2)5-4-12-7-15(22)24-9-12)8-13(21)16-20(19,26-16)10-25-17(19)23/h7,11,13-14,16-17,21,23H,3-6,8-10H2,1-2H3/t11-,13-,14-,16-,17-,18+,19+,20-/m0/s1. The molecule has 4 fully saturated rings. The minimum atomic E-state index is -0.826. The number of hydrogen-bond acceptors (Lipinski definition) is 6. The molecule has 0 aromatic rings. The Morgan fingerprint density at radius 3 is 2.88 bits per heavy atom. The molecule has 2 saturated heterocycles. The number of carbonyl (C=O) groups excluding carboxylic acids is 1. The first kappa shape index (κ1) is 17.2. The van der Waals surface area contributed by atoms with Gasteiger partial charge >= 0.3 is 5.97 Å². The highest BCUT2D eigenvalue weighted by atomic mass is 16.7. The molecule has 0 radical (unpaired) electrons. The van der Waals surface area contributed by atoms with Crippen molar-refractivity contribution in [2.45, 2.75) is 70.1 Å². The van der Waals surface area contributed by atoms with Gasteiger partial charge in [0.25, 0.3) is 0 Å². The number of aliphatic hydroxyl groups excluding tert-OH is 2. The van der Waals surface area contributed by atoms with Crippen LogP contribution >= 0.6 is 0 Å². The summed E-state index contributed by atoms with van der Waals surface area (Å²) < 4.78 is 16.8. The summed E-state index contributed by atoms with van der Waals surface area (Å²) in [6.45, 7) is 5.33. The van der Waals surface area contributed by atoms with Gasteiger partial charge in [-0.05, 0) is 54.9 Å². The van der Waals surface area contributed by atoms with Crippen molar-refractivity contribution >= 4 is 5.97 Å². The van der Waals surface area contributed by atoms with E-state index in [1.54, 1.807) is 6.08 Å². The minimum absolute atomic E-state index is 0.0652. The molecule has 144 valence electrons. The molecule has 0 bridgehead atoms. The van der Waals surface area contributed by atoms with Crippen LogP contribution in [0.5, 0.6) is 0 Å². The molecule has 0 unspecified atom stereocenters. The summed E-state index contributed by atoms with van der Waals surface area (Å²) >= 11 is 0. The van der Waals surface area contributed by atoms with Crippen LogP contribution in [0.25, 0.3) is 0 Å². The Morgan fingerprint density at radius 2 is 2.15 bits per heavy atom. The summed E-state index contributed by atoms with van der Waals surface area (Å²) in [5.41, 5.74) is 0.0404. The average molecular weight is 364 g/mol. The van der Waals surface area contributed by atoms with Gasteiger partial charge in [-0.1, -0.05) is 13.8 Å². The maximum absolute atomic E-state index is 11.4. The fourth-order valence-electron chi connectivity index (χ4n) is 6.71. The lowest BCUT2D eigenvalue weighted by molar-refractivity contribution is -0.203. The van der Waals surface area contributed by atoms with Crippen LogP contribution in [0.3, 0.4) is 0 Å². The van der Waals surface area contributed by atoms with Crippen LogP contribution in [0.1, 0.15) is 46.0 Å². The van der Waals surface area contributed by atoms with Gasteiger partial charge in [0.2, 0.25) is 0 Å². The van der Waals surface area contributed by atoms with Gasteiger partial charge < -0.3 is 24.4 Å². The average Bonchev–Trinajstić information content (AvgIpc) is 3.13. The van der Waals surface area contributed by atoms with Crippen LogP contribution in [0, 0.1) is 22.7 Å². The Hall–Kier alpha value is -0.950. The van der Waals surface area contributed by atoms with Crippen LogP contribution in [-0.4, -0.2) is 53.5 Å². The van der Waals surface area contributed by atoms with E-state index in [2.05, 4.69) is 13.8 Å². The van der Waals surface area contributed by atoms with Gasteiger partial charge in [0.15, 0.2) is 6.29 Å². The predicted octanol–water partition coefficient (Wildman–Crippen LogP) is 1.54. The number of esters is 1. The molecule has 3 aliphatic heterocycles. The number of ether oxygens (including phenoxy) is 3. The molecule has 5 aliphatic rings. The summed E-state index contributed by atoms with van der Waals surface area (Å²) in [6.07, 6.45) is 4.33. The van der Waals surface area contributed by atoms with E-state index in [-0.39, 0.29) is 23.4 Å². The summed E-state index contributed by atoms with van der Waals surface area (Å²) in [4.78, 5) is 11.4. The number of cyclic esters (lactones) is 1. The lowest BCUT2D eigenvalue weighted by Gasteiger charge is -2.59. The molecular formula is C20H28O6. The van der Waals surface area contributed by atoms with E-state index in [1.807, 2.05) is 0 Å². The topological polar surface area (TPSA) is 88.5 Å². The molecule has 2 aliphatic carbocycles. The van der Waals surface area contributed by atoms with Crippen LogP contribution in [0.2, 0.25) is 0 Å². The van der Waals surface area contributed by atoms with E-state index < -0.39 is 23.4 Å². The third-order valence-corrected chi connectivity index (χ3v) is 8.49. The molecule has 26 heavy (non-hydrogen) atoms. The molecule has 3 heterocycles. The second kappa shape index (κ2) is 5.31. The second-order valence-corrected chi connectivity index (χ2v) is 9.34. The van der Waals surface area contributed by atoms with E-state index in [0.717, 1.165) is 31.3 Å². The van der Waals surface area contributed by atoms with Crippen molar-refractivity contribution < 1.29 is 29.2 Å². The largest absolute Gasteiger partial charge is 0.458 e. The molecule has 6 nitrogen and oxygen atoms in total. The first-order chi connectivity index (χ1) is 12.3. The first-order valence-electron chi connectivity index (χ1n) is 9.85. The number of rotatable bonds is 3. The summed E-state index contributed by atoms with van der Waals surface area (Å²) in [5.74, 6) is 0.340. The Balaban J connectivity index is 1.49. The number of carbonyl (C=O) groups is 1. The third kappa shape index (κ3) is 1.94. The summed E-state index contributed by atoms with van der Waals surface area (Å²) in [7, 11) is 0. The highest BCUT2D eigenvalue weighted by Gasteiger charge is 2.83. The van der Waals surface area contributed by atoms with Crippen molar-refractivity contribution in [2.24, 2.45) is 22.7 Å². The molecule has 2 N–H and O–H groups in total. The van der Waals surface area contributed by atoms with Crippen LogP contribution in [-0.2, 0) is 19.0 Å². The van der Waals surface area contributed by atoms with Gasteiger partial charge in [-0.2, -0.15) is 0 Å². The third-order valence-electron chi connectivity index (χ3n) is 8.49. The summed E-state index contributed by atoms with van der Waals surface area (Å²) in [6, 6.07) is 0. The van der Waals surface area contributed by atoms with Crippen molar-refractivity contribution in [3.63, 3.8) is 0 Å². The van der Waals surface area contributed by atoms with Crippen LogP contribution < -0.4 is 0 Å². The highest BCUT2D eigenvalue weighted by Crippen LogP contribution is 2.73. The Labute approximate surface area is 153 Å². The molecule has 5 rings (SSSR count). The van der Waals surface area contributed by atoms with Gasteiger partial charge in [0.05, 0.1) is 18.1 Å². The first-order valence-corrected chi connectivity index (χ1v) is 9.85. The molecule has 2 saturated carbocycles. The van der Waals surface area contributed by atoms with Gasteiger partial charge in [-0.25, -0.2) is 4.79 Å². The van der Waals surface area contributed by atoms with Gasteiger partial charge in [0, 0.05) is 6.08 Å². The molecule has 0 amide bonds. The lowest BCUT2D eigenvalue weighted by atomic mass is 9.44. The Kier molecular flexibility index (Phi) is 3.51. The molecule has 0 aromatic carbocycles. The lowest BCUT2D eigenvalue weighted by Crippen LogP contribution is -2.62. The summed E-state index contributed by atoms with van der Waals surface area (Å²) in [5, 5.41) is 21.5. The van der Waals surface area contributed by atoms with Crippen molar-refractivity contribution in [1.82, 2.24) is 0 Å². The predicted molar refractivity (Wildman–Crippen MR) is 90.9 cm³/mol. The Bertz CT molecular complexity index is 675. The fourth-order valence-corrected chi connectivity index (χ4v) is 6.71. The molecule has 2 spiro atoms. The van der Waals surface area contributed by atoms with Crippen LogP contribution in [0.15, 0.2) is 11.6 Å². The number of aliphatic hydroxyl groups is 2. The zero-order valence-electron chi connectivity index (χ0n) is 15.4. The monoisotopic (exact) mass is 364 g/mol. The molecule has 8 atom stereocenters. The van der Waals surface area contributed by atoms with Crippen molar-refractivity contribution in [2.75, 3.05) is 13.2 Å². The maximum atomic E-state index is 11.4. The second-order valence-electron chi connectivity index (χ2n) is 9.34. The van der Waals surface area contributed by atoms with Gasteiger partial charge in [0.1, 0.15) is 18.3 Å². The Morgan fingerprint density at radius 1 is 1.35 bits per heavy atom. The van der Waals surface area contributed by atoms with Gasteiger partial charge in [-0.3, -0.25) is 0 Å². The SMILES string of the molecule is C[C@H]1CC[C@@]23[C@@H](O)OC[C@@]24O[C@H]4[C@@H](O)C[C@H]3[C@]1(C)CCC1=CC(=O)OC1. The molecular weight excluding hydrogens is 336 g/mol. The van der Waals surface area contributed by atoms with E-state index in [1.165, 1.54) is 0 Å². The van der Waals surface area contributed by atoms with Crippen molar-refractivity contribution in [3.8, 4) is 0 Å². The van der Waals surface area contributed by atoms with Crippen molar-refractivity contribution in [1.29, 1.82) is 0 Å². The quantitative estimate of drug-likeness (QED) is 0.583. The van der Waals surface area contributed by atoms with Crippen molar-refractivity contribution in [3.05, 3.63) is 11.6 Å². The van der Waals surface area contributed by atoms with E-state index in [0.29, 0.717) is 25.6 Å². The normalized spacial score (nSPS) is 54.8. The molecule has 0 aromatic heterocycles. The zero-order valence-corrected chi connectivity index (χ0v) is 15.4.